The summed E-state index contributed by atoms with van der Waals surface area (Å²) >= 11 is 1.40. The van der Waals surface area contributed by atoms with E-state index in [0.717, 1.165) is 17.0 Å². The van der Waals surface area contributed by atoms with E-state index < -0.39 is 17.7 Å². The molecule has 28 heavy (non-hydrogen) atoms. The third-order valence-electron chi connectivity index (χ3n) is 3.60. The van der Waals surface area contributed by atoms with Crippen molar-refractivity contribution in [3.8, 4) is 0 Å². The lowest BCUT2D eigenvalue weighted by Crippen LogP contribution is -2.50. The van der Waals surface area contributed by atoms with Gasteiger partial charge in [0.25, 0.3) is 0 Å². The molecule has 6 nitrogen and oxygen atoms in total. The molecule has 0 aliphatic heterocycles. The van der Waals surface area contributed by atoms with Crippen LogP contribution in [0.3, 0.4) is 0 Å². The number of aromatic nitrogens is 1. The number of nitrogens with one attached hydrogen (secondary N) is 2. The fourth-order valence-corrected chi connectivity index (χ4v) is 3.21. The van der Waals surface area contributed by atoms with E-state index in [2.05, 4.69) is 15.6 Å². The maximum Gasteiger partial charge on any atom is 0.408 e. The topological polar surface area (TPSA) is 80.3 Å². The van der Waals surface area contributed by atoms with Gasteiger partial charge < -0.3 is 15.4 Å². The van der Waals surface area contributed by atoms with Gasteiger partial charge in [-0.15, -0.1) is 11.8 Å². The van der Waals surface area contributed by atoms with Crippen LogP contribution < -0.4 is 10.6 Å². The second-order valence-electron chi connectivity index (χ2n) is 7.20. The number of benzene rings is 1. The molecular weight excluding hydrogens is 374 g/mol. The smallest absolute Gasteiger partial charge is 0.408 e. The van der Waals surface area contributed by atoms with Crippen LogP contribution in [0.1, 0.15) is 26.3 Å². The van der Waals surface area contributed by atoms with Crippen molar-refractivity contribution in [1.82, 2.24) is 15.6 Å². The first-order valence-corrected chi connectivity index (χ1v) is 10.2. The van der Waals surface area contributed by atoms with Gasteiger partial charge in [0, 0.05) is 18.5 Å². The molecule has 1 aromatic carbocycles. The third-order valence-corrected chi connectivity index (χ3v) is 4.64. The first kappa shape index (κ1) is 21.8. The SMILES string of the molecule is CC(C)(C)OC(=O)N[C@@H](CSc1ccccn1)C(=O)NCCc1ccccc1. The number of rotatable bonds is 8. The Bertz CT molecular complexity index is 748. The second kappa shape index (κ2) is 10.7. The molecule has 0 fully saturated rings. The molecule has 2 N–H and O–H groups in total. The number of hydrogen-bond donors (Lipinski definition) is 2. The van der Waals surface area contributed by atoms with E-state index in [1.165, 1.54) is 11.8 Å². The maximum absolute atomic E-state index is 12.6. The molecule has 0 aliphatic rings. The number of nitrogens with zero attached hydrogens (tertiary/aromatic N) is 1. The van der Waals surface area contributed by atoms with E-state index in [1.54, 1.807) is 27.0 Å². The number of pyridine rings is 1. The summed E-state index contributed by atoms with van der Waals surface area (Å²) < 4.78 is 5.29. The summed E-state index contributed by atoms with van der Waals surface area (Å²) in [5.74, 6) is 0.109. The lowest BCUT2D eigenvalue weighted by molar-refractivity contribution is -0.122. The summed E-state index contributed by atoms with van der Waals surface area (Å²) in [6.07, 6.45) is 1.80. The monoisotopic (exact) mass is 401 g/mol. The highest BCUT2D eigenvalue weighted by atomic mass is 32.2. The lowest BCUT2D eigenvalue weighted by atomic mass is 10.1. The first-order valence-electron chi connectivity index (χ1n) is 9.18. The van der Waals surface area contributed by atoms with Gasteiger partial charge in [-0.05, 0) is 44.9 Å². The Labute approximate surface area is 170 Å². The van der Waals surface area contributed by atoms with Gasteiger partial charge in [0.1, 0.15) is 11.6 Å². The predicted octanol–water partition coefficient (Wildman–Crippen LogP) is 3.43. The number of hydrogen-bond acceptors (Lipinski definition) is 5. The fourth-order valence-electron chi connectivity index (χ4n) is 2.33. The zero-order valence-corrected chi connectivity index (χ0v) is 17.3. The van der Waals surface area contributed by atoms with Crippen LogP contribution in [0.5, 0.6) is 0 Å². The number of ether oxygens (including phenoxy) is 1. The average molecular weight is 402 g/mol. The van der Waals surface area contributed by atoms with Crippen molar-refractivity contribution in [2.45, 2.75) is 43.9 Å². The van der Waals surface area contributed by atoms with Gasteiger partial charge in [-0.3, -0.25) is 4.79 Å². The van der Waals surface area contributed by atoms with Gasteiger partial charge in [0.05, 0.1) is 5.03 Å². The number of carbonyl (C=O) groups excluding carboxylic acids is 2. The fraction of sp³-hybridized carbons (Fsp3) is 0.381. The lowest BCUT2D eigenvalue weighted by Gasteiger charge is -2.23. The summed E-state index contributed by atoms with van der Waals surface area (Å²) in [5.41, 5.74) is 0.509. The molecule has 0 bridgehead atoms. The molecule has 0 radical (unpaired) electrons. The Kier molecular flexibility index (Phi) is 8.32. The molecule has 150 valence electrons. The first-order chi connectivity index (χ1) is 13.3. The van der Waals surface area contributed by atoms with E-state index in [-0.39, 0.29) is 5.91 Å². The summed E-state index contributed by atoms with van der Waals surface area (Å²) in [6, 6.07) is 14.8. The van der Waals surface area contributed by atoms with Crippen molar-refractivity contribution in [2.75, 3.05) is 12.3 Å². The van der Waals surface area contributed by atoms with Crippen molar-refractivity contribution in [2.24, 2.45) is 0 Å². The zero-order chi connectivity index (χ0) is 20.4. The van der Waals surface area contributed by atoms with Crippen molar-refractivity contribution in [3.63, 3.8) is 0 Å². The Morgan fingerprint density at radius 2 is 1.82 bits per heavy atom. The van der Waals surface area contributed by atoms with Crippen LogP contribution in [-0.4, -0.2) is 40.9 Å². The van der Waals surface area contributed by atoms with Gasteiger partial charge in [-0.2, -0.15) is 0 Å². The third kappa shape index (κ3) is 8.43. The van der Waals surface area contributed by atoms with Gasteiger partial charge in [0.15, 0.2) is 0 Å². The van der Waals surface area contributed by atoms with Crippen LogP contribution in [-0.2, 0) is 16.0 Å². The minimum Gasteiger partial charge on any atom is -0.444 e. The van der Waals surface area contributed by atoms with E-state index in [4.69, 9.17) is 4.74 Å². The normalized spacial score (nSPS) is 12.1. The van der Waals surface area contributed by atoms with Crippen LogP contribution >= 0.6 is 11.8 Å². The molecule has 1 heterocycles. The Hall–Kier alpha value is -2.54. The standard InChI is InChI=1S/C21H27N3O3S/c1-21(2,3)27-20(26)24-17(15-28-18-11-7-8-13-22-18)19(25)23-14-12-16-9-5-4-6-10-16/h4-11,13,17H,12,14-15H2,1-3H3,(H,23,25)(H,24,26)/t17-/m0/s1. The molecular formula is C21H27N3O3S. The second-order valence-corrected chi connectivity index (χ2v) is 8.24. The highest BCUT2D eigenvalue weighted by molar-refractivity contribution is 7.99. The van der Waals surface area contributed by atoms with Crippen molar-refractivity contribution in [1.29, 1.82) is 0 Å². The van der Waals surface area contributed by atoms with Crippen LogP contribution in [0, 0.1) is 0 Å². The van der Waals surface area contributed by atoms with Gasteiger partial charge in [-0.25, -0.2) is 9.78 Å². The Morgan fingerprint density at radius 1 is 1.11 bits per heavy atom. The number of amides is 2. The van der Waals surface area contributed by atoms with Crippen LogP contribution in [0.25, 0.3) is 0 Å². The molecule has 0 saturated carbocycles. The van der Waals surface area contributed by atoms with Crippen LogP contribution in [0.15, 0.2) is 59.8 Å². The van der Waals surface area contributed by atoms with Gasteiger partial charge >= 0.3 is 6.09 Å². The molecule has 2 amide bonds. The van der Waals surface area contributed by atoms with Crippen molar-refractivity contribution < 1.29 is 14.3 Å². The largest absolute Gasteiger partial charge is 0.444 e. The van der Waals surface area contributed by atoms with Crippen molar-refractivity contribution >= 4 is 23.8 Å². The molecule has 0 saturated heterocycles. The quantitative estimate of drug-likeness (QED) is 0.663. The van der Waals surface area contributed by atoms with E-state index in [1.807, 2.05) is 48.5 Å². The Morgan fingerprint density at radius 3 is 2.46 bits per heavy atom. The molecule has 0 unspecified atom stereocenters. The van der Waals surface area contributed by atoms with Crippen LogP contribution in [0.2, 0.25) is 0 Å². The molecule has 1 atom stereocenters. The number of thioether (sulfide) groups is 1. The van der Waals surface area contributed by atoms with E-state index in [0.29, 0.717) is 12.3 Å². The Balaban J connectivity index is 1.92. The average Bonchev–Trinajstić information content (AvgIpc) is 2.65. The van der Waals surface area contributed by atoms with Crippen molar-refractivity contribution in [3.05, 3.63) is 60.3 Å². The van der Waals surface area contributed by atoms with E-state index >= 15 is 0 Å². The summed E-state index contributed by atoms with van der Waals surface area (Å²) in [6.45, 7) is 5.84. The molecule has 7 heteroatoms. The van der Waals surface area contributed by atoms with Gasteiger partial charge in [-0.1, -0.05) is 36.4 Å². The minimum absolute atomic E-state index is 0.245. The molecule has 1 aromatic heterocycles. The maximum atomic E-state index is 12.6. The summed E-state index contributed by atoms with van der Waals surface area (Å²) in [7, 11) is 0. The van der Waals surface area contributed by atoms with Crippen LogP contribution in [0.4, 0.5) is 4.79 Å². The molecule has 0 spiro atoms. The number of alkyl carbamates (subject to hydrolysis) is 1. The summed E-state index contributed by atoms with van der Waals surface area (Å²) in [4.78, 5) is 29.0. The molecule has 2 aromatic rings. The highest BCUT2D eigenvalue weighted by Gasteiger charge is 2.24. The zero-order valence-electron chi connectivity index (χ0n) is 16.5. The molecule has 0 aliphatic carbocycles. The summed E-state index contributed by atoms with van der Waals surface area (Å²) in [5, 5.41) is 6.35. The van der Waals surface area contributed by atoms with E-state index in [9.17, 15) is 9.59 Å². The minimum atomic E-state index is -0.724. The highest BCUT2D eigenvalue weighted by Crippen LogP contribution is 2.16. The predicted molar refractivity (Wildman–Crippen MR) is 111 cm³/mol. The van der Waals surface area contributed by atoms with Gasteiger partial charge in [0.2, 0.25) is 5.91 Å². The number of carbonyl (C=O) groups is 2. The molecule has 2 rings (SSSR count).